The fourth-order valence-electron chi connectivity index (χ4n) is 3.35. The molecule has 2 aromatic rings. The summed E-state index contributed by atoms with van der Waals surface area (Å²) < 4.78 is 33.5. The van der Waals surface area contributed by atoms with E-state index in [4.69, 9.17) is 24.3 Å². The lowest BCUT2D eigenvalue weighted by atomic mass is 10.1. The van der Waals surface area contributed by atoms with Crippen molar-refractivity contribution in [1.82, 2.24) is 19.5 Å². The number of hydrogen-bond acceptors (Lipinski definition) is 14. The predicted molar refractivity (Wildman–Crippen MR) is 100 cm³/mol. The van der Waals surface area contributed by atoms with Crippen molar-refractivity contribution >= 4 is 24.8 Å². The van der Waals surface area contributed by atoms with Crippen molar-refractivity contribution in [3.63, 3.8) is 0 Å². The van der Waals surface area contributed by atoms with Crippen LogP contribution >= 0.6 is 7.82 Å². The van der Waals surface area contributed by atoms with Crippen LogP contribution in [0.25, 0.3) is 11.2 Å². The Morgan fingerprint density at radius 3 is 2.62 bits per heavy atom. The average molecular weight is 479 g/mol. The highest BCUT2D eigenvalue weighted by Crippen LogP contribution is 2.47. The zero-order chi connectivity index (χ0) is 23.2. The highest BCUT2D eigenvalue weighted by atomic mass is 31.2. The Hall–Kier alpha value is -1.82. The van der Waals surface area contributed by atoms with Crippen LogP contribution in [0.4, 0.5) is 5.82 Å². The summed E-state index contributed by atoms with van der Waals surface area (Å²) in [6.45, 7) is -1.14. The molecule has 2 aromatic heterocycles. The van der Waals surface area contributed by atoms with E-state index >= 15 is 0 Å². The van der Waals surface area contributed by atoms with E-state index in [2.05, 4.69) is 15.0 Å². The number of nitrogens with zero attached hydrogens (tertiary/aromatic N) is 4. The number of ether oxygens (including phenoxy) is 2. The molecule has 2 saturated heterocycles. The van der Waals surface area contributed by atoms with Crippen molar-refractivity contribution in [2.75, 3.05) is 18.9 Å². The number of nitrogens with two attached hydrogens (primary N) is 1. The standard InChI is InChI=1S/C15H22N5O11P/c16-12-7-13(18-3-17-12)20(4-19-7)14-10(24)9(23)6(30-14)2-29-32(26,27)31-15-11(25)8(22)5(21)1-28-15/h3-6,8-11,14-15,21-25H,1-2H2,(H,26,27)(H2,16,17,18)/t5-,6-,8-,9-,10-,11+,14-,15?/m1/s1. The first-order valence-corrected chi connectivity index (χ1v) is 10.8. The lowest BCUT2D eigenvalue weighted by molar-refractivity contribution is -0.246. The van der Waals surface area contributed by atoms with E-state index in [1.165, 1.54) is 17.2 Å². The van der Waals surface area contributed by atoms with E-state index in [0.717, 1.165) is 0 Å². The molecule has 4 heterocycles. The molecule has 0 saturated carbocycles. The Morgan fingerprint density at radius 1 is 1.12 bits per heavy atom. The summed E-state index contributed by atoms with van der Waals surface area (Å²) in [6.07, 6.45) is -9.59. The Labute approximate surface area is 179 Å². The normalized spacial score (nSPS) is 37.6. The topological polar surface area (TPSA) is 245 Å². The third-order valence-corrected chi connectivity index (χ3v) is 6.04. The van der Waals surface area contributed by atoms with Gasteiger partial charge in [0, 0.05) is 0 Å². The maximum absolute atomic E-state index is 12.2. The van der Waals surface area contributed by atoms with Crippen molar-refractivity contribution in [1.29, 1.82) is 0 Å². The largest absolute Gasteiger partial charge is 0.474 e. The molecular formula is C15H22N5O11P. The number of imidazole rings is 1. The molecule has 0 amide bonds. The van der Waals surface area contributed by atoms with Crippen molar-refractivity contribution in [2.24, 2.45) is 0 Å². The van der Waals surface area contributed by atoms with Gasteiger partial charge >= 0.3 is 7.82 Å². The van der Waals surface area contributed by atoms with Crippen LogP contribution in [-0.2, 0) is 23.1 Å². The lowest BCUT2D eigenvalue weighted by Crippen LogP contribution is -2.53. The van der Waals surface area contributed by atoms with Crippen molar-refractivity contribution in [3.8, 4) is 0 Å². The van der Waals surface area contributed by atoms with Gasteiger partial charge in [-0.25, -0.2) is 19.5 Å². The minimum absolute atomic E-state index is 0.102. The summed E-state index contributed by atoms with van der Waals surface area (Å²) in [4.78, 5) is 21.8. The molecule has 0 radical (unpaired) electrons. The quantitative estimate of drug-likeness (QED) is 0.200. The van der Waals surface area contributed by atoms with Crippen molar-refractivity contribution < 1.29 is 53.5 Å². The molecule has 17 heteroatoms. The number of aliphatic hydroxyl groups excluding tert-OH is 5. The molecule has 178 valence electrons. The molecule has 4 rings (SSSR count). The fraction of sp³-hybridized carbons (Fsp3) is 0.667. The van der Waals surface area contributed by atoms with Gasteiger partial charge in [0.2, 0.25) is 0 Å². The second kappa shape index (κ2) is 8.85. The molecule has 0 bridgehead atoms. The SMILES string of the molecule is Nc1ncnc2c1ncn2[C@@H]1O[C@H](COP(=O)(O)OC2OC[C@@H](O)[C@@H](O)[C@@H]2O)[C@@H](O)[C@H]1O. The van der Waals surface area contributed by atoms with Gasteiger partial charge in [0.15, 0.2) is 24.0 Å². The maximum Gasteiger partial charge on any atom is 0.474 e. The second-order valence-corrected chi connectivity index (χ2v) is 8.66. The van der Waals surface area contributed by atoms with E-state index in [1.54, 1.807) is 0 Å². The van der Waals surface area contributed by atoms with Gasteiger partial charge in [0.25, 0.3) is 0 Å². The van der Waals surface area contributed by atoms with E-state index in [0.29, 0.717) is 0 Å². The number of phosphoric acid groups is 1. The van der Waals surface area contributed by atoms with Gasteiger partial charge in [-0.3, -0.25) is 13.6 Å². The Bertz CT molecular complexity index is 1010. The number of nitrogen functional groups attached to an aromatic ring is 1. The van der Waals surface area contributed by atoms with Crippen LogP contribution in [-0.4, -0.2) is 106 Å². The van der Waals surface area contributed by atoms with Crippen LogP contribution in [0.15, 0.2) is 12.7 Å². The zero-order valence-corrected chi connectivity index (χ0v) is 17.1. The van der Waals surface area contributed by atoms with E-state index in [-0.39, 0.29) is 17.0 Å². The third kappa shape index (κ3) is 4.35. The van der Waals surface area contributed by atoms with Gasteiger partial charge in [0.1, 0.15) is 48.5 Å². The summed E-state index contributed by atoms with van der Waals surface area (Å²) in [5.41, 5.74) is 6.21. The van der Waals surface area contributed by atoms with Crippen molar-refractivity contribution in [3.05, 3.63) is 12.7 Å². The van der Waals surface area contributed by atoms with E-state index in [1.807, 2.05) is 0 Å². The molecule has 2 aliphatic rings. The first kappa shape index (κ1) is 23.3. The summed E-state index contributed by atoms with van der Waals surface area (Å²) in [7, 11) is -4.88. The molecule has 2 aliphatic heterocycles. The highest BCUT2D eigenvalue weighted by molar-refractivity contribution is 7.47. The van der Waals surface area contributed by atoms with E-state index in [9.17, 15) is 35.0 Å². The van der Waals surface area contributed by atoms with Crippen LogP contribution in [0, 0.1) is 0 Å². The first-order valence-electron chi connectivity index (χ1n) is 9.35. The highest BCUT2D eigenvalue weighted by Gasteiger charge is 2.46. The molecule has 0 spiro atoms. The Morgan fingerprint density at radius 2 is 1.88 bits per heavy atom. The van der Waals surface area contributed by atoms with Crippen LogP contribution in [0.2, 0.25) is 0 Å². The summed E-state index contributed by atoms with van der Waals surface area (Å²) >= 11 is 0. The third-order valence-electron chi connectivity index (χ3n) is 5.09. The Kier molecular flexibility index (Phi) is 6.45. The average Bonchev–Trinajstić information content (AvgIpc) is 3.30. The van der Waals surface area contributed by atoms with Gasteiger partial charge in [-0.2, -0.15) is 0 Å². The molecule has 2 unspecified atom stereocenters. The number of hydrogen-bond donors (Lipinski definition) is 7. The van der Waals surface area contributed by atoms with E-state index < -0.39 is 70.2 Å². The molecule has 8 N–H and O–H groups in total. The first-order chi connectivity index (χ1) is 15.1. The molecule has 9 atom stereocenters. The summed E-state index contributed by atoms with van der Waals surface area (Å²) in [5.74, 6) is 0.102. The van der Waals surface area contributed by atoms with Gasteiger partial charge in [0.05, 0.1) is 19.5 Å². The molecule has 32 heavy (non-hydrogen) atoms. The van der Waals surface area contributed by atoms with Gasteiger partial charge < -0.3 is 45.6 Å². The van der Waals surface area contributed by atoms with Crippen LogP contribution in [0.1, 0.15) is 6.23 Å². The summed E-state index contributed by atoms with van der Waals surface area (Å²) in [5, 5.41) is 49.5. The smallest absolute Gasteiger partial charge is 0.388 e. The molecule has 0 aliphatic carbocycles. The molecular weight excluding hydrogens is 457 g/mol. The van der Waals surface area contributed by atoms with Crippen LogP contribution in [0.3, 0.4) is 0 Å². The minimum Gasteiger partial charge on any atom is -0.388 e. The monoisotopic (exact) mass is 479 g/mol. The number of aliphatic hydroxyl groups is 5. The zero-order valence-electron chi connectivity index (χ0n) is 16.2. The van der Waals surface area contributed by atoms with Gasteiger partial charge in [-0.1, -0.05) is 0 Å². The number of phosphoric ester groups is 1. The second-order valence-electron chi connectivity index (χ2n) is 7.25. The Balaban J connectivity index is 1.40. The number of rotatable bonds is 6. The number of anilines is 1. The van der Waals surface area contributed by atoms with Crippen LogP contribution in [0.5, 0.6) is 0 Å². The number of fused-ring (bicyclic) bond motifs is 1. The van der Waals surface area contributed by atoms with Crippen LogP contribution < -0.4 is 5.73 Å². The maximum atomic E-state index is 12.2. The molecule has 2 fully saturated rings. The summed E-state index contributed by atoms with van der Waals surface area (Å²) in [6, 6.07) is 0. The van der Waals surface area contributed by atoms with Gasteiger partial charge in [-0.05, 0) is 0 Å². The minimum atomic E-state index is -4.88. The number of aromatic nitrogens is 4. The fourth-order valence-corrected chi connectivity index (χ4v) is 4.20. The lowest BCUT2D eigenvalue weighted by Gasteiger charge is -2.35. The predicted octanol–water partition coefficient (Wildman–Crippen LogP) is -3.40. The van der Waals surface area contributed by atoms with Crippen molar-refractivity contribution in [2.45, 2.75) is 49.1 Å². The van der Waals surface area contributed by atoms with Gasteiger partial charge in [-0.15, -0.1) is 0 Å². The molecule has 0 aromatic carbocycles. The molecule has 16 nitrogen and oxygen atoms in total.